The average Bonchev–Trinajstić information content (AvgIpc) is 3.00. The maximum Gasteiger partial charge on any atom is 0.131 e. The number of nitrogens with one attached hydrogen (secondary N) is 1. The van der Waals surface area contributed by atoms with Gasteiger partial charge in [0.1, 0.15) is 11.6 Å². The molecule has 5 heteroatoms. The van der Waals surface area contributed by atoms with E-state index in [4.69, 9.17) is 9.72 Å². The van der Waals surface area contributed by atoms with Gasteiger partial charge in [0.15, 0.2) is 0 Å². The standard InChI is InChI=1S/C20H24N4O/c1-23-17-9-5-4-8-16(17)22-20(23)19(24-13-11-21-12-14-24)15-7-3-6-10-18(15)25-2/h3-10,19,21H,11-14H2,1-2H3. The van der Waals surface area contributed by atoms with E-state index < -0.39 is 0 Å². The Bertz CT molecular complexity index is 867. The van der Waals surface area contributed by atoms with Crippen molar-refractivity contribution < 1.29 is 4.74 Å². The Balaban J connectivity index is 1.88. The molecule has 0 aliphatic carbocycles. The quantitative estimate of drug-likeness (QED) is 0.795. The van der Waals surface area contributed by atoms with Crippen molar-refractivity contribution >= 4 is 11.0 Å². The third kappa shape index (κ3) is 2.90. The van der Waals surface area contributed by atoms with Crippen LogP contribution in [0.15, 0.2) is 48.5 Å². The van der Waals surface area contributed by atoms with E-state index in [9.17, 15) is 0 Å². The molecule has 5 nitrogen and oxygen atoms in total. The molecule has 1 atom stereocenters. The van der Waals surface area contributed by atoms with Gasteiger partial charge in [0, 0.05) is 38.8 Å². The molecular weight excluding hydrogens is 312 g/mol. The monoisotopic (exact) mass is 336 g/mol. The van der Waals surface area contributed by atoms with Crippen LogP contribution in [0.1, 0.15) is 17.4 Å². The molecule has 1 aliphatic rings. The zero-order valence-electron chi connectivity index (χ0n) is 14.8. The lowest BCUT2D eigenvalue weighted by Crippen LogP contribution is -2.46. The van der Waals surface area contributed by atoms with Crippen LogP contribution in [-0.2, 0) is 7.05 Å². The molecule has 1 aliphatic heterocycles. The first kappa shape index (κ1) is 16.1. The van der Waals surface area contributed by atoms with E-state index in [1.54, 1.807) is 7.11 Å². The number of benzene rings is 2. The summed E-state index contributed by atoms with van der Waals surface area (Å²) in [6, 6.07) is 16.7. The minimum absolute atomic E-state index is 0.0793. The summed E-state index contributed by atoms with van der Waals surface area (Å²) in [7, 11) is 3.85. The van der Waals surface area contributed by atoms with Gasteiger partial charge in [-0.3, -0.25) is 4.90 Å². The Morgan fingerprint density at radius 2 is 1.76 bits per heavy atom. The Morgan fingerprint density at radius 3 is 2.52 bits per heavy atom. The molecular formula is C20H24N4O. The van der Waals surface area contributed by atoms with Crippen molar-refractivity contribution in [2.24, 2.45) is 7.05 Å². The van der Waals surface area contributed by atoms with E-state index in [1.165, 1.54) is 5.56 Å². The van der Waals surface area contributed by atoms with E-state index in [0.717, 1.165) is 48.8 Å². The first-order valence-electron chi connectivity index (χ1n) is 8.78. The van der Waals surface area contributed by atoms with Crippen LogP contribution in [0, 0.1) is 0 Å². The van der Waals surface area contributed by atoms with Crippen LogP contribution >= 0.6 is 0 Å². The molecule has 0 bridgehead atoms. The van der Waals surface area contributed by atoms with E-state index in [1.807, 2.05) is 18.2 Å². The highest BCUT2D eigenvalue weighted by Gasteiger charge is 2.30. The molecule has 4 rings (SSSR count). The van der Waals surface area contributed by atoms with Crippen LogP contribution in [-0.4, -0.2) is 47.7 Å². The summed E-state index contributed by atoms with van der Waals surface area (Å²) in [6.07, 6.45) is 0. The number of aromatic nitrogens is 2. The number of para-hydroxylation sites is 3. The van der Waals surface area contributed by atoms with E-state index in [-0.39, 0.29) is 6.04 Å². The van der Waals surface area contributed by atoms with E-state index in [2.05, 4.69) is 52.2 Å². The van der Waals surface area contributed by atoms with Crippen molar-refractivity contribution in [2.45, 2.75) is 6.04 Å². The zero-order chi connectivity index (χ0) is 17.2. The summed E-state index contributed by atoms with van der Waals surface area (Å²) >= 11 is 0. The molecule has 3 aromatic rings. The summed E-state index contributed by atoms with van der Waals surface area (Å²) < 4.78 is 7.89. The lowest BCUT2D eigenvalue weighted by atomic mass is 10.0. The van der Waals surface area contributed by atoms with E-state index >= 15 is 0 Å². The highest BCUT2D eigenvalue weighted by Crippen LogP contribution is 2.35. The molecule has 1 saturated heterocycles. The number of hydrogen-bond acceptors (Lipinski definition) is 4. The summed E-state index contributed by atoms with van der Waals surface area (Å²) in [4.78, 5) is 7.48. The van der Waals surface area contributed by atoms with Crippen molar-refractivity contribution in [3.05, 3.63) is 59.9 Å². The summed E-state index contributed by atoms with van der Waals surface area (Å²) in [6.45, 7) is 3.98. The lowest BCUT2D eigenvalue weighted by molar-refractivity contribution is 0.187. The van der Waals surface area contributed by atoms with Crippen LogP contribution in [0.2, 0.25) is 0 Å². The molecule has 1 fully saturated rings. The topological polar surface area (TPSA) is 42.3 Å². The van der Waals surface area contributed by atoms with Gasteiger partial charge in [-0.15, -0.1) is 0 Å². The van der Waals surface area contributed by atoms with Gasteiger partial charge in [-0.2, -0.15) is 0 Å². The molecule has 0 spiro atoms. The first-order chi connectivity index (χ1) is 12.3. The average molecular weight is 336 g/mol. The van der Waals surface area contributed by atoms with Crippen LogP contribution in [0.3, 0.4) is 0 Å². The maximum absolute atomic E-state index is 5.67. The maximum atomic E-state index is 5.67. The largest absolute Gasteiger partial charge is 0.496 e. The van der Waals surface area contributed by atoms with Gasteiger partial charge in [0.05, 0.1) is 24.2 Å². The van der Waals surface area contributed by atoms with Crippen LogP contribution in [0.25, 0.3) is 11.0 Å². The van der Waals surface area contributed by atoms with Gasteiger partial charge >= 0.3 is 0 Å². The molecule has 1 unspecified atom stereocenters. The normalized spacial score (nSPS) is 16.9. The van der Waals surface area contributed by atoms with Crippen molar-refractivity contribution in [3.8, 4) is 5.75 Å². The molecule has 25 heavy (non-hydrogen) atoms. The third-order valence-electron chi connectivity index (χ3n) is 5.02. The Hall–Kier alpha value is -2.37. The smallest absolute Gasteiger partial charge is 0.131 e. The fraction of sp³-hybridized carbons (Fsp3) is 0.350. The Morgan fingerprint density at radius 1 is 1.04 bits per heavy atom. The number of nitrogens with zero attached hydrogens (tertiary/aromatic N) is 3. The number of fused-ring (bicyclic) bond motifs is 1. The van der Waals surface area contributed by atoms with Gasteiger partial charge in [0.2, 0.25) is 0 Å². The predicted octanol–water partition coefficient (Wildman–Crippen LogP) is 2.58. The molecule has 1 N–H and O–H groups in total. The third-order valence-corrected chi connectivity index (χ3v) is 5.02. The molecule has 0 saturated carbocycles. The number of rotatable bonds is 4. The summed E-state index contributed by atoms with van der Waals surface area (Å²) in [5.74, 6) is 1.98. The molecule has 130 valence electrons. The summed E-state index contributed by atoms with van der Waals surface area (Å²) in [5, 5.41) is 3.44. The number of hydrogen-bond donors (Lipinski definition) is 1. The van der Waals surface area contributed by atoms with Crippen LogP contribution in [0.5, 0.6) is 5.75 Å². The van der Waals surface area contributed by atoms with Crippen molar-refractivity contribution in [1.82, 2.24) is 19.8 Å². The van der Waals surface area contributed by atoms with Gasteiger partial charge in [-0.05, 0) is 18.2 Å². The second kappa shape index (κ2) is 6.86. The minimum atomic E-state index is 0.0793. The minimum Gasteiger partial charge on any atom is -0.496 e. The van der Waals surface area contributed by atoms with Crippen LogP contribution < -0.4 is 10.1 Å². The predicted molar refractivity (Wildman–Crippen MR) is 100.0 cm³/mol. The number of piperazine rings is 1. The Labute approximate surface area is 148 Å². The molecule has 0 radical (unpaired) electrons. The first-order valence-corrected chi connectivity index (χ1v) is 8.78. The van der Waals surface area contributed by atoms with Crippen LogP contribution in [0.4, 0.5) is 0 Å². The van der Waals surface area contributed by atoms with Gasteiger partial charge in [-0.25, -0.2) is 4.98 Å². The highest BCUT2D eigenvalue weighted by molar-refractivity contribution is 5.76. The van der Waals surface area contributed by atoms with Crippen molar-refractivity contribution in [1.29, 1.82) is 0 Å². The lowest BCUT2D eigenvalue weighted by Gasteiger charge is -2.35. The van der Waals surface area contributed by atoms with Crippen molar-refractivity contribution in [2.75, 3.05) is 33.3 Å². The molecule has 1 aromatic heterocycles. The van der Waals surface area contributed by atoms with E-state index in [0.29, 0.717) is 0 Å². The number of imidazole rings is 1. The molecule has 0 amide bonds. The zero-order valence-corrected chi connectivity index (χ0v) is 14.8. The summed E-state index contributed by atoms with van der Waals surface area (Å²) in [5.41, 5.74) is 3.37. The number of ether oxygens (including phenoxy) is 1. The second-order valence-electron chi connectivity index (χ2n) is 6.45. The highest BCUT2D eigenvalue weighted by atomic mass is 16.5. The fourth-order valence-electron chi connectivity index (χ4n) is 3.74. The molecule has 2 aromatic carbocycles. The van der Waals surface area contributed by atoms with Gasteiger partial charge < -0.3 is 14.6 Å². The van der Waals surface area contributed by atoms with Gasteiger partial charge in [-0.1, -0.05) is 30.3 Å². The fourth-order valence-corrected chi connectivity index (χ4v) is 3.74. The second-order valence-corrected chi connectivity index (χ2v) is 6.45. The number of aryl methyl sites for hydroxylation is 1. The van der Waals surface area contributed by atoms with Crippen molar-refractivity contribution in [3.63, 3.8) is 0 Å². The Kier molecular flexibility index (Phi) is 4.42. The van der Waals surface area contributed by atoms with Gasteiger partial charge in [0.25, 0.3) is 0 Å². The number of methoxy groups -OCH3 is 1. The SMILES string of the molecule is COc1ccccc1C(c1nc2ccccc2n1C)N1CCNCC1. The molecule has 2 heterocycles.